The zero-order chi connectivity index (χ0) is 39.5. The molecule has 5 saturated carbocycles. The summed E-state index contributed by atoms with van der Waals surface area (Å²) in [6.07, 6.45) is -6.50. The molecule has 4 saturated heterocycles. The third-order valence-corrected chi connectivity index (χ3v) is 18.2. The molecule has 0 aromatic rings. The molecule has 2 bridgehead atoms. The van der Waals surface area contributed by atoms with Gasteiger partial charge in [0.15, 0.2) is 18.2 Å². The van der Waals surface area contributed by atoms with E-state index in [4.69, 9.17) is 28.4 Å². The van der Waals surface area contributed by atoms with E-state index in [9.17, 15) is 40.5 Å². The van der Waals surface area contributed by atoms with Crippen molar-refractivity contribution in [1.29, 1.82) is 0 Å². The zero-order valence-corrected chi connectivity index (χ0v) is 33.1. The smallest absolute Gasteiger partial charge is 0.313 e. The maximum absolute atomic E-state index is 14.1. The standard InChI is InChI=1S/C41H64O14/c1-35(2)11-13-40-14-12-39(6)38(5)10-7-21-36(3,30(38)29-31(53-29)41(39,22(40)15-35)55-34(40)49)9-8-23(37(21,4)18-43)52-33-28(24(45)19(44)17-50-33)54-32-27(48)26(47)25(46)20(16-42)51-32/h19-33,42-48H,7-18H2,1-6H3/t19-,20+,21+,22+,23-,24-,25+,26-,27+,28+,29-,30+,31-,32-,33-,36-,37-,38+,39-,40-,41+/m0/s1. The number of carbonyl (C=O) groups is 1. The molecule has 9 fully saturated rings. The van der Waals surface area contributed by atoms with E-state index in [-0.39, 0.29) is 70.8 Å². The second-order valence-electron chi connectivity index (χ2n) is 21.0. The first kappa shape index (κ1) is 39.5. The number of esters is 1. The van der Waals surface area contributed by atoms with Gasteiger partial charge in [-0.3, -0.25) is 4.79 Å². The molecule has 0 radical (unpaired) electrons. The van der Waals surface area contributed by atoms with Gasteiger partial charge in [-0.25, -0.2) is 0 Å². The monoisotopic (exact) mass is 780 g/mol. The van der Waals surface area contributed by atoms with Crippen molar-refractivity contribution in [2.24, 2.45) is 50.2 Å². The Morgan fingerprint density at radius 2 is 1.49 bits per heavy atom. The van der Waals surface area contributed by atoms with E-state index in [0.717, 1.165) is 51.4 Å². The van der Waals surface area contributed by atoms with Crippen LogP contribution in [0.3, 0.4) is 0 Å². The summed E-state index contributed by atoms with van der Waals surface area (Å²) in [6.45, 7) is 12.8. The maximum atomic E-state index is 14.1. The molecular weight excluding hydrogens is 716 g/mol. The SMILES string of the molecule is CC1(C)CC[C@@]23CC[C@]4(C)[C@@](OC2=O)([C@@H]3C1)[C@H]1O[C@H]1[C@@H]1[C@@]2(C)CC[C@H](O[C@@H]3OC[C@H](O)[C@H](O)[C@H]3O[C@@H]3O[C@H](CO)[C@@H](O)[C@H](O)[C@H]3O)[C@@](C)(CO)[C@@H]2CC[C@]14C. The van der Waals surface area contributed by atoms with Gasteiger partial charge in [-0.15, -0.1) is 0 Å². The molecule has 4 heterocycles. The molecule has 4 aliphatic heterocycles. The molecule has 14 heteroatoms. The predicted molar refractivity (Wildman–Crippen MR) is 191 cm³/mol. The summed E-state index contributed by atoms with van der Waals surface area (Å²) in [6, 6.07) is 0. The van der Waals surface area contributed by atoms with E-state index in [0.29, 0.717) is 6.42 Å². The van der Waals surface area contributed by atoms with Crippen LogP contribution in [0.15, 0.2) is 0 Å². The third-order valence-electron chi connectivity index (χ3n) is 18.2. The van der Waals surface area contributed by atoms with Gasteiger partial charge >= 0.3 is 5.97 Å². The second kappa shape index (κ2) is 12.5. The lowest BCUT2D eigenvalue weighted by atomic mass is 9.30. The highest BCUT2D eigenvalue weighted by molar-refractivity contribution is 5.82. The van der Waals surface area contributed by atoms with Crippen molar-refractivity contribution in [2.75, 3.05) is 19.8 Å². The molecule has 55 heavy (non-hydrogen) atoms. The lowest BCUT2D eigenvalue weighted by molar-refractivity contribution is -0.369. The van der Waals surface area contributed by atoms with Crippen LogP contribution in [0.4, 0.5) is 0 Å². The Morgan fingerprint density at radius 3 is 2.20 bits per heavy atom. The third kappa shape index (κ3) is 4.94. The number of epoxide rings is 1. The number of hydrogen-bond acceptors (Lipinski definition) is 14. The minimum Gasteiger partial charge on any atom is -0.455 e. The average molecular weight is 781 g/mol. The Bertz CT molecular complexity index is 1540. The highest BCUT2D eigenvalue weighted by atomic mass is 16.8. The van der Waals surface area contributed by atoms with Crippen molar-refractivity contribution in [3.8, 4) is 0 Å². The largest absolute Gasteiger partial charge is 0.455 e. The number of fused-ring (bicyclic) bond motifs is 6. The lowest BCUT2D eigenvalue weighted by Gasteiger charge is -2.72. The molecular formula is C41H64O14. The molecule has 9 rings (SSSR count). The number of carbonyl (C=O) groups excluding carboxylic acids is 1. The molecule has 0 aromatic heterocycles. The summed E-state index contributed by atoms with van der Waals surface area (Å²) in [5, 5.41) is 74.2. The predicted octanol–water partition coefficient (Wildman–Crippen LogP) is 1.16. The molecule has 21 atom stereocenters. The van der Waals surface area contributed by atoms with Crippen molar-refractivity contribution >= 4 is 5.97 Å². The first-order valence-electron chi connectivity index (χ1n) is 20.9. The van der Waals surface area contributed by atoms with E-state index in [1.165, 1.54) is 0 Å². The Kier molecular flexibility index (Phi) is 8.98. The number of ether oxygens (including phenoxy) is 6. The van der Waals surface area contributed by atoms with Crippen LogP contribution in [0.1, 0.15) is 99.3 Å². The fraction of sp³-hybridized carbons (Fsp3) is 0.976. The second-order valence-corrected chi connectivity index (χ2v) is 21.0. The van der Waals surface area contributed by atoms with Crippen LogP contribution in [0, 0.1) is 50.2 Å². The lowest BCUT2D eigenvalue weighted by Crippen LogP contribution is -2.75. The van der Waals surface area contributed by atoms with Crippen LogP contribution >= 0.6 is 0 Å². The summed E-state index contributed by atoms with van der Waals surface area (Å²) < 4.78 is 38.0. The van der Waals surface area contributed by atoms with E-state index >= 15 is 0 Å². The van der Waals surface area contributed by atoms with Crippen molar-refractivity contribution in [2.45, 2.75) is 179 Å². The van der Waals surface area contributed by atoms with Crippen LogP contribution in [0.25, 0.3) is 0 Å². The van der Waals surface area contributed by atoms with E-state index in [1.807, 2.05) is 0 Å². The molecule has 9 aliphatic rings. The van der Waals surface area contributed by atoms with Crippen LogP contribution in [-0.2, 0) is 33.2 Å². The Labute approximate surface area is 323 Å². The van der Waals surface area contributed by atoms with Gasteiger partial charge in [0.05, 0.1) is 37.4 Å². The van der Waals surface area contributed by atoms with Crippen LogP contribution < -0.4 is 0 Å². The van der Waals surface area contributed by atoms with Crippen molar-refractivity contribution in [3.63, 3.8) is 0 Å². The minimum atomic E-state index is -1.73. The van der Waals surface area contributed by atoms with Gasteiger partial charge in [0.2, 0.25) is 0 Å². The first-order valence-corrected chi connectivity index (χ1v) is 20.9. The van der Waals surface area contributed by atoms with Crippen LogP contribution in [0.2, 0.25) is 0 Å². The molecule has 1 spiro atoms. The summed E-state index contributed by atoms with van der Waals surface area (Å²) in [7, 11) is 0. The maximum Gasteiger partial charge on any atom is 0.313 e. The number of aliphatic hydroxyl groups is 7. The van der Waals surface area contributed by atoms with E-state index in [2.05, 4.69) is 41.5 Å². The van der Waals surface area contributed by atoms with E-state index in [1.54, 1.807) is 0 Å². The first-order chi connectivity index (χ1) is 25.8. The normalized spacial score (nSPS) is 60.4. The van der Waals surface area contributed by atoms with Gasteiger partial charge in [-0.05, 0) is 85.9 Å². The highest BCUT2D eigenvalue weighted by Crippen LogP contribution is 2.83. The van der Waals surface area contributed by atoms with Crippen molar-refractivity contribution in [1.82, 2.24) is 0 Å². The Balaban J connectivity index is 0.996. The Hall–Kier alpha value is -1.01. The van der Waals surface area contributed by atoms with Crippen LogP contribution in [-0.4, -0.2) is 141 Å². The summed E-state index contributed by atoms with van der Waals surface area (Å²) in [5.74, 6) is 0.285. The van der Waals surface area contributed by atoms with Gasteiger partial charge in [0.1, 0.15) is 48.8 Å². The van der Waals surface area contributed by atoms with Gasteiger partial charge in [-0.2, -0.15) is 0 Å². The van der Waals surface area contributed by atoms with Crippen molar-refractivity contribution < 1.29 is 69.0 Å². The van der Waals surface area contributed by atoms with E-state index < -0.39 is 84.4 Å². The fourth-order valence-electron chi connectivity index (χ4n) is 14.9. The quantitative estimate of drug-likeness (QED) is 0.114. The number of rotatable bonds is 6. The van der Waals surface area contributed by atoms with Crippen molar-refractivity contribution in [3.05, 3.63) is 0 Å². The fourth-order valence-corrected chi connectivity index (χ4v) is 14.9. The van der Waals surface area contributed by atoms with Gasteiger partial charge in [0, 0.05) is 16.7 Å². The molecule has 0 unspecified atom stereocenters. The van der Waals surface area contributed by atoms with Gasteiger partial charge in [0.25, 0.3) is 0 Å². The number of aliphatic hydroxyl groups excluding tert-OH is 7. The summed E-state index contributed by atoms with van der Waals surface area (Å²) in [5.41, 5.74) is -2.47. The molecule has 7 N–H and O–H groups in total. The summed E-state index contributed by atoms with van der Waals surface area (Å²) in [4.78, 5) is 14.1. The van der Waals surface area contributed by atoms with Crippen LogP contribution in [0.5, 0.6) is 0 Å². The zero-order valence-electron chi connectivity index (χ0n) is 33.1. The Morgan fingerprint density at radius 1 is 0.764 bits per heavy atom. The minimum absolute atomic E-state index is 0.00479. The van der Waals surface area contributed by atoms with Gasteiger partial charge < -0.3 is 64.2 Å². The average Bonchev–Trinajstić information content (AvgIpc) is 3.90. The number of hydrogen-bond donors (Lipinski definition) is 7. The molecule has 5 aliphatic carbocycles. The molecule has 14 nitrogen and oxygen atoms in total. The van der Waals surface area contributed by atoms with Gasteiger partial charge in [-0.1, -0.05) is 41.5 Å². The molecule has 0 amide bonds. The molecule has 0 aromatic carbocycles. The summed E-state index contributed by atoms with van der Waals surface area (Å²) >= 11 is 0. The highest BCUT2D eigenvalue weighted by Gasteiger charge is 2.89. The topological polar surface area (TPSA) is 217 Å². The molecule has 312 valence electrons.